The van der Waals surface area contributed by atoms with Crippen LogP contribution in [0.15, 0.2) is 46.9 Å². The van der Waals surface area contributed by atoms with Crippen molar-refractivity contribution in [1.29, 1.82) is 0 Å². The molecule has 2 aromatic rings. The Bertz CT molecular complexity index is 616. The number of rotatable bonds is 4. The number of hydrogen-bond donors (Lipinski definition) is 2. The van der Waals surface area contributed by atoms with E-state index in [0.29, 0.717) is 11.6 Å². The molecule has 0 saturated carbocycles. The van der Waals surface area contributed by atoms with Gasteiger partial charge in [-0.05, 0) is 51.8 Å². The van der Waals surface area contributed by atoms with Crippen LogP contribution in [0.3, 0.4) is 0 Å². The van der Waals surface area contributed by atoms with Gasteiger partial charge >= 0.3 is 5.97 Å². The second kappa shape index (κ2) is 6.08. The van der Waals surface area contributed by atoms with Gasteiger partial charge in [-0.15, -0.1) is 0 Å². The first-order valence-electron chi connectivity index (χ1n) is 5.57. The Balaban J connectivity index is 2.07. The Hall–Kier alpha value is -1.52. The molecule has 2 aromatic carbocycles. The summed E-state index contributed by atoms with van der Waals surface area (Å²) in [6.07, 6.45) is 0. The van der Waals surface area contributed by atoms with Crippen molar-refractivity contribution in [2.24, 2.45) is 0 Å². The number of hydrogen-bond acceptors (Lipinski definition) is 2. The summed E-state index contributed by atoms with van der Waals surface area (Å²) in [5.41, 5.74) is 2.11. The van der Waals surface area contributed by atoms with Gasteiger partial charge in [0.25, 0.3) is 0 Å². The van der Waals surface area contributed by atoms with Crippen LogP contribution < -0.4 is 5.32 Å². The van der Waals surface area contributed by atoms with Crippen LogP contribution in [0.1, 0.15) is 15.9 Å². The molecule has 0 aliphatic heterocycles. The second-order valence-electron chi connectivity index (χ2n) is 3.99. The zero-order chi connectivity index (χ0) is 13.8. The van der Waals surface area contributed by atoms with Crippen LogP contribution in [0.25, 0.3) is 0 Å². The van der Waals surface area contributed by atoms with E-state index in [0.717, 1.165) is 15.7 Å². The van der Waals surface area contributed by atoms with Crippen molar-refractivity contribution in [1.82, 2.24) is 0 Å². The summed E-state index contributed by atoms with van der Waals surface area (Å²) in [6, 6.07) is 12.4. The number of carboxylic acid groups (broad SMARTS) is 1. The average molecular weight is 341 g/mol. The smallest absolute Gasteiger partial charge is 0.335 e. The SMILES string of the molecule is O=C(O)c1cccc(CNc2ccc(Cl)c(Br)c2)c1. The number of carboxylic acids is 1. The summed E-state index contributed by atoms with van der Waals surface area (Å²) in [5.74, 6) is -0.920. The fourth-order valence-electron chi connectivity index (χ4n) is 1.62. The molecule has 0 aliphatic rings. The van der Waals surface area contributed by atoms with Crippen LogP contribution in [0, 0.1) is 0 Å². The molecule has 2 N–H and O–H groups in total. The Morgan fingerprint density at radius 2 is 2.05 bits per heavy atom. The van der Waals surface area contributed by atoms with E-state index in [1.165, 1.54) is 0 Å². The fraction of sp³-hybridized carbons (Fsp3) is 0.0714. The Labute approximate surface area is 124 Å². The quantitative estimate of drug-likeness (QED) is 0.866. The predicted molar refractivity (Wildman–Crippen MR) is 79.9 cm³/mol. The van der Waals surface area contributed by atoms with Gasteiger partial charge in [0, 0.05) is 16.7 Å². The zero-order valence-electron chi connectivity index (χ0n) is 9.86. The lowest BCUT2D eigenvalue weighted by molar-refractivity contribution is 0.0697. The van der Waals surface area contributed by atoms with E-state index in [1.54, 1.807) is 24.3 Å². The Morgan fingerprint density at radius 1 is 1.26 bits per heavy atom. The van der Waals surface area contributed by atoms with Gasteiger partial charge in [0.2, 0.25) is 0 Å². The highest BCUT2D eigenvalue weighted by Gasteiger charge is 2.03. The predicted octanol–water partition coefficient (Wildman–Crippen LogP) is 4.41. The maximum atomic E-state index is 10.9. The molecule has 0 atom stereocenters. The molecule has 0 heterocycles. The van der Waals surface area contributed by atoms with E-state index in [2.05, 4.69) is 21.2 Å². The largest absolute Gasteiger partial charge is 0.478 e. The van der Waals surface area contributed by atoms with Crippen LogP contribution in [-0.2, 0) is 6.54 Å². The molecule has 3 nitrogen and oxygen atoms in total. The molecule has 0 radical (unpaired) electrons. The maximum Gasteiger partial charge on any atom is 0.335 e. The van der Waals surface area contributed by atoms with Gasteiger partial charge in [0.05, 0.1) is 10.6 Å². The number of anilines is 1. The summed E-state index contributed by atoms with van der Waals surface area (Å²) in [7, 11) is 0. The van der Waals surface area contributed by atoms with Crippen molar-refractivity contribution in [3.8, 4) is 0 Å². The molecular weight excluding hydrogens is 330 g/mol. The molecule has 98 valence electrons. The van der Waals surface area contributed by atoms with Crippen LogP contribution in [0.4, 0.5) is 5.69 Å². The molecule has 0 bridgehead atoms. The minimum absolute atomic E-state index is 0.289. The second-order valence-corrected chi connectivity index (χ2v) is 5.25. The van der Waals surface area contributed by atoms with E-state index in [4.69, 9.17) is 16.7 Å². The van der Waals surface area contributed by atoms with Crippen LogP contribution in [0.2, 0.25) is 5.02 Å². The molecule has 19 heavy (non-hydrogen) atoms. The summed E-state index contributed by atoms with van der Waals surface area (Å²) in [5, 5.41) is 12.8. The average Bonchev–Trinajstić information content (AvgIpc) is 2.40. The number of nitrogens with one attached hydrogen (secondary N) is 1. The van der Waals surface area contributed by atoms with Gasteiger partial charge in [-0.3, -0.25) is 0 Å². The third kappa shape index (κ3) is 3.72. The molecule has 2 rings (SSSR count). The fourth-order valence-corrected chi connectivity index (χ4v) is 2.12. The summed E-state index contributed by atoms with van der Waals surface area (Å²) >= 11 is 9.27. The van der Waals surface area contributed by atoms with Crippen LogP contribution in [0.5, 0.6) is 0 Å². The first kappa shape index (κ1) is 13.9. The summed E-state index contributed by atoms with van der Waals surface area (Å²) < 4.78 is 0.818. The van der Waals surface area contributed by atoms with E-state index in [9.17, 15) is 4.79 Å². The van der Waals surface area contributed by atoms with Crippen molar-refractivity contribution < 1.29 is 9.90 Å². The Kier molecular flexibility index (Phi) is 4.45. The normalized spacial score (nSPS) is 10.2. The molecule has 0 saturated heterocycles. The van der Waals surface area contributed by atoms with Gasteiger partial charge in [-0.2, -0.15) is 0 Å². The highest BCUT2D eigenvalue weighted by atomic mass is 79.9. The van der Waals surface area contributed by atoms with E-state index in [-0.39, 0.29) is 5.56 Å². The zero-order valence-corrected chi connectivity index (χ0v) is 12.2. The van der Waals surface area contributed by atoms with Crippen molar-refractivity contribution in [2.45, 2.75) is 6.54 Å². The summed E-state index contributed by atoms with van der Waals surface area (Å²) in [6.45, 7) is 0.551. The van der Waals surface area contributed by atoms with Crippen molar-refractivity contribution in [2.75, 3.05) is 5.32 Å². The van der Waals surface area contributed by atoms with Gasteiger partial charge in [-0.25, -0.2) is 4.79 Å². The third-order valence-electron chi connectivity index (χ3n) is 2.59. The molecule has 0 unspecified atom stereocenters. The van der Waals surface area contributed by atoms with Crippen molar-refractivity contribution >= 4 is 39.2 Å². The highest BCUT2D eigenvalue weighted by Crippen LogP contribution is 2.25. The monoisotopic (exact) mass is 339 g/mol. The lowest BCUT2D eigenvalue weighted by atomic mass is 10.1. The number of benzene rings is 2. The lowest BCUT2D eigenvalue weighted by Gasteiger charge is -2.08. The molecule has 5 heteroatoms. The van der Waals surface area contributed by atoms with Gasteiger partial charge < -0.3 is 10.4 Å². The standard InChI is InChI=1S/C14H11BrClNO2/c15-12-7-11(4-5-13(12)16)17-8-9-2-1-3-10(6-9)14(18)19/h1-7,17H,8H2,(H,18,19). The molecule has 0 spiro atoms. The van der Waals surface area contributed by atoms with Gasteiger partial charge in [-0.1, -0.05) is 23.7 Å². The first-order valence-corrected chi connectivity index (χ1v) is 6.74. The topological polar surface area (TPSA) is 49.3 Å². The lowest BCUT2D eigenvalue weighted by Crippen LogP contribution is -2.02. The molecule has 0 aliphatic carbocycles. The molecule has 0 fully saturated rings. The summed E-state index contributed by atoms with van der Waals surface area (Å²) in [4.78, 5) is 10.9. The third-order valence-corrected chi connectivity index (χ3v) is 3.80. The first-order chi connectivity index (χ1) is 9.06. The van der Waals surface area contributed by atoms with Crippen LogP contribution >= 0.6 is 27.5 Å². The molecular formula is C14H11BrClNO2. The maximum absolute atomic E-state index is 10.9. The number of aromatic carboxylic acids is 1. The van der Waals surface area contributed by atoms with Crippen molar-refractivity contribution in [3.05, 3.63) is 63.1 Å². The molecule has 0 aromatic heterocycles. The minimum atomic E-state index is -0.920. The number of carbonyl (C=O) groups is 1. The number of halogens is 2. The van der Waals surface area contributed by atoms with Gasteiger partial charge in [0.1, 0.15) is 0 Å². The van der Waals surface area contributed by atoms with E-state index >= 15 is 0 Å². The van der Waals surface area contributed by atoms with Crippen molar-refractivity contribution in [3.63, 3.8) is 0 Å². The Morgan fingerprint density at radius 3 is 2.74 bits per heavy atom. The van der Waals surface area contributed by atoms with Crippen LogP contribution in [-0.4, -0.2) is 11.1 Å². The minimum Gasteiger partial charge on any atom is -0.478 e. The molecule has 0 amide bonds. The van der Waals surface area contributed by atoms with Gasteiger partial charge in [0.15, 0.2) is 0 Å². The van der Waals surface area contributed by atoms with E-state index in [1.807, 2.05) is 18.2 Å². The highest BCUT2D eigenvalue weighted by molar-refractivity contribution is 9.10. The van der Waals surface area contributed by atoms with E-state index < -0.39 is 5.97 Å².